The van der Waals surface area contributed by atoms with Crippen molar-refractivity contribution in [3.8, 4) is 0 Å². The number of hydrogen-bond donors (Lipinski definition) is 1. The summed E-state index contributed by atoms with van der Waals surface area (Å²) in [5.41, 5.74) is 0.166. The minimum atomic E-state index is -0.757. The molecule has 2 aliphatic heterocycles. The topological polar surface area (TPSA) is 52.7 Å². The Hall–Kier alpha value is -2.02. The monoisotopic (exact) mass is 337 g/mol. The zero-order valence-electron chi connectivity index (χ0n) is 13.6. The summed E-state index contributed by atoms with van der Waals surface area (Å²) in [5, 5.41) is 3.17. The predicted molar refractivity (Wildman–Crippen MR) is 85.5 cm³/mol. The Balaban J connectivity index is 1.72. The Labute approximate surface area is 139 Å². The van der Waals surface area contributed by atoms with Gasteiger partial charge in [-0.2, -0.15) is 0 Å². The average molecular weight is 337 g/mol. The fourth-order valence-electron chi connectivity index (χ4n) is 3.49. The standard InChI is InChI=1S/C17H21F2N3O2/c1-20-13-3-2-5-21(10-13)16(23)15-4-6-22(17(15)24)14-8-11(18)7-12(19)9-14/h7-9,13,15,20H,2-6,10H2,1H3/t13-,15+/m0/s1. The van der Waals surface area contributed by atoms with Crippen LogP contribution in [0.4, 0.5) is 14.5 Å². The summed E-state index contributed by atoms with van der Waals surface area (Å²) in [6, 6.07) is 3.24. The molecule has 0 bridgehead atoms. The minimum Gasteiger partial charge on any atom is -0.340 e. The third-order valence-corrected chi connectivity index (χ3v) is 4.80. The second kappa shape index (κ2) is 6.84. The number of piperidine rings is 1. The van der Waals surface area contributed by atoms with Crippen molar-refractivity contribution in [3.63, 3.8) is 0 Å². The molecular formula is C17H21F2N3O2. The van der Waals surface area contributed by atoms with Crippen molar-refractivity contribution in [2.24, 2.45) is 5.92 Å². The van der Waals surface area contributed by atoms with E-state index in [2.05, 4.69) is 5.32 Å². The lowest BCUT2D eigenvalue weighted by atomic mass is 10.0. The number of halogens is 2. The molecule has 2 aliphatic rings. The van der Waals surface area contributed by atoms with Crippen LogP contribution in [0.3, 0.4) is 0 Å². The van der Waals surface area contributed by atoms with Gasteiger partial charge in [-0.05, 0) is 38.4 Å². The van der Waals surface area contributed by atoms with E-state index in [-0.39, 0.29) is 23.5 Å². The number of carbonyl (C=O) groups is 2. The molecule has 2 heterocycles. The maximum atomic E-state index is 13.4. The highest BCUT2D eigenvalue weighted by Gasteiger charge is 2.40. The van der Waals surface area contributed by atoms with E-state index in [4.69, 9.17) is 0 Å². The molecule has 1 aromatic carbocycles. The number of likely N-dealkylation sites (N-methyl/N-ethyl adjacent to an activating group) is 1. The summed E-state index contributed by atoms with van der Waals surface area (Å²) in [4.78, 5) is 28.3. The third kappa shape index (κ3) is 3.26. The lowest BCUT2D eigenvalue weighted by molar-refractivity contribution is -0.140. The highest BCUT2D eigenvalue weighted by atomic mass is 19.1. The molecule has 2 atom stereocenters. The van der Waals surface area contributed by atoms with E-state index in [0.717, 1.165) is 31.0 Å². The summed E-state index contributed by atoms with van der Waals surface area (Å²) in [5.74, 6) is -2.79. The molecule has 2 amide bonds. The second-order valence-corrected chi connectivity index (χ2v) is 6.37. The van der Waals surface area contributed by atoms with E-state index in [1.54, 1.807) is 4.90 Å². The first kappa shape index (κ1) is 16.8. The van der Waals surface area contributed by atoms with Gasteiger partial charge in [0.15, 0.2) is 0 Å². The third-order valence-electron chi connectivity index (χ3n) is 4.80. The van der Waals surface area contributed by atoms with E-state index in [0.29, 0.717) is 26.1 Å². The smallest absolute Gasteiger partial charge is 0.239 e. The highest BCUT2D eigenvalue weighted by Crippen LogP contribution is 2.28. The molecule has 1 aromatic rings. The molecule has 2 fully saturated rings. The average Bonchev–Trinajstić information content (AvgIpc) is 2.95. The highest BCUT2D eigenvalue weighted by molar-refractivity contribution is 6.09. The summed E-state index contributed by atoms with van der Waals surface area (Å²) in [7, 11) is 1.86. The van der Waals surface area contributed by atoms with Crippen LogP contribution >= 0.6 is 0 Å². The van der Waals surface area contributed by atoms with Gasteiger partial charge in [-0.25, -0.2) is 8.78 Å². The number of carbonyl (C=O) groups excluding carboxylic acids is 2. The largest absolute Gasteiger partial charge is 0.340 e. The van der Waals surface area contributed by atoms with Gasteiger partial charge in [-0.15, -0.1) is 0 Å². The van der Waals surface area contributed by atoms with Crippen molar-refractivity contribution >= 4 is 17.5 Å². The molecule has 0 aromatic heterocycles. The summed E-state index contributed by atoms with van der Waals surface area (Å²) < 4.78 is 26.8. The van der Waals surface area contributed by atoms with Gasteiger partial charge in [0.25, 0.3) is 0 Å². The molecule has 24 heavy (non-hydrogen) atoms. The molecule has 0 saturated carbocycles. The Morgan fingerprint density at radius 2 is 1.88 bits per heavy atom. The maximum Gasteiger partial charge on any atom is 0.239 e. The van der Waals surface area contributed by atoms with Crippen LogP contribution in [0.25, 0.3) is 0 Å². The van der Waals surface area contributed by atoms with Gasteiger partial charge in [-0.3, -0.25) is 9.59 Å². The van der Waals surface area contributed by atoms with Crippen LogP contribution in [0, 0.1) is 17.6 Å². The van der Waals surface area contributed by atoms with Crippen LogP contribution < -0.4 is 10.2 Å². The van der Waals surface area contributed by atoms with E-state index in [1.165, 1.54) is 4.90 Å². The first-order chi connectivity index (χ1) is 11.5. The van der Waals surface area contributed by atoms with Gasteiger partial charge in [0.1, 0.15) is 17.6 Å². The number of nitrogens with one attached hydrogen (secondary N) is 1. The van der Waals surface area contributed by atoms with Crippen LogP contribution in [0.15, 0.2) is 18.2 Å². The van der Waals surface area contributed by atoms with Crippen molar-refractivity contribution in [2.45, 2.75) is 25.3 Å². The van der Waals surface area contributed by atoms with Crippen LogP contribution in [0.2, 0.25) is 0 Å². The summed E-state index contributed by atoms with van der Waals surface area (Å²) >= 11 is 0. The first-order valence-corrected chi connectivity index (χ1v) is 8.23. The minimum absolute atomic E-state index is 0.166. The molecule has 0 radical (unpaired) electrons. The summed E-state index contributed by atoms with van der Waals surface area (Å²) in [6.07, 6.45) is 2.28. The number of hydrogen-bond acceptors (Lipinski definition) is 3. The SMILES string of the molecule is CN[C@H]1CCCN(C(=O)[C@H]2CCN(c3cc(F)cc(F)c3)C2=O)C1. The van der Waals surface area contributed by atoms with E-state index in [9.17, 15) is 18.4 Å². The van der Waals surface area contributed by atoms with Gasteiger partial charge in [0, 0.05) is 37.4 Å². The second-order valence-electron chi connectivity index (χ2n) is 6.37. The fourth-order valence-corrected chi connectivity index (χ4v) is 3.49. The number of rotatable bonds is 3. The zero-order valence-corrected chi connectivity index (χ0v) is 13.6. The van der Waals surface area contributed by atoms with Crippen LogP contribution in [0.5, 0.6) is 0 Å². The molecule has 2 saturated heterocycles. The maximum absolute atomic E-state index is 13.4. The van der Waals surface area contributed by atoms with Gasteiger partial charge in [0.2, 0.25) is 11.8 Å². The number of nitrogens with zero attached hydrogens (tertiary/aromatic N) is 2. The Morgan fingerprint density at radius 1 is 1.17 bits per heavy atom. The molecule has 1 N–H and O–H groups in total. The quantitative estimate of drug-likeness (QED) is 0.851. The van der Waals surface area contributed by atoms with Crippen molar-refractivity contribution in [2.75, 3.05) is 31.6 Å². The zero-order chi connectivity index (χ0) is 17.3. The van der Waals surface area contributed by atoms with Gasteiger partial charge < -0.3 is 15.1 Å². The molecule has 3 rings (SSSR count). The van der Waals surface area contributed by atoms with Gasteiger partial charge >= 0.3 is 0 Å². The number of likely N-dealkylation sites (tertiary alicyclic amines) is 1. The lowest BCUT2D eigenvalue weighted by Gasteiger charge is -2.33. The van der Waals surface area contributed by atoms with Crippen molar-refractivity contribution < 1.29 is 18.4 Å². The molecule has 0 unspecified atom stereocenters. The Bertz CT molecular complexity index is 632. The fraction of sp³-hybridized carbons (Fsp3) is 0.529. The van der Waals surface area contributed by atoms with Crippen LogP contribution in [0.1, 0.15) is 19.3 Å². The first-order valence-electron chi connectivity index (χ1n) is 8.23. The Morgan fingerprint density at radius 3 is 2.54 bits per heavy atom. The molecule has 130 valence electrons. The normalized spacial score (nSPS) is 24.5. The van der Waals surface area contributed by atoms with E-state index >= 15 is 0 Å². The lowest BCUT2D eigenvalue weighted by Crippen LogP contribution is -2.49. The number of anilines is 1. The molecule has 0 aliphatic carbocycles. The molecule has 0 spiro atoms. The molecular weight excluding hydrogens is 316 g/mol. The van der Waals surface area contributed by atoms with Crippen LogP contribution in [-0.4, -0.2) is 49.4 Å². The number of amides is 2. The van der Waals surface area contributed by atoms with Gasteiger partial charge in [0.05, 0.1) is 0 Å². The Kier molecular flexibility index (Phi) is 4.80. The number of benzene rings is 1. The van der Waals surface area contributed by atoms with Crippen LogP contribution in [-0.2, 0) is 9.59 Å². The van der Waals surface area contributed by atoms with Gasteiger partial charge in [-0.1, -0.05) is 0 Å². The summed E-state index contributed by atoms with van der Waals surface area (Å²) in [6.45, 7) is 1.53. The molecule has 5 nitrogen and oxygen atoms in total. The van der Waals surface area contributed by atoms with E-state index in [1.807, 2.05) is 7.05 Å². The van der Waals surface area contributed by atoms with Crippen molar-refractivity contribution in [1.82, 2.24) is 10.2 Å². The van der Waals surface area contributed by atoms with Crippen molar-refractivity contribution in [1.29, 1.82) is 0 Å². The van der Waals surface area contributed by atoms with Crippen molar-refractivity contribution in [3.05, 3.63) is 29.8 Å². The molecule has 7 heteroatoms. The predicted octanol–water partition coefficient (Wildman–Crippen LogP) is 1.53. The van der Waals surface area contributed by atoms with E-state index < -0.39 is 17.6 Å².